The lowest BCUT2D eigenvalue weighted by molar-refractivity contribution is 0.0909. The molecular formula is C23H24N2O. The Bertz CT molecular complexity index is 887. The molecule has 3 nitrogen and oxygen atoms in total. The number of aryl methyl sites for hydroxylation is 1. The van der Waals surface area contributed by atoms with Gasteiger partial charge >= 0.3 is 0 Å². The Labute approximate surface area is 155 Å². The number of carbonyl (C=O) groups excluding carboxylic acids is 1. The molecule has 1 N–H and O–H groups in total. The Kier molecular flexibility index (Phi) is 5.17. The SMILES string of the molecule is Cc1cccc(Cc2ccccc2)c1C(=O)NC(C)(C)c1ccccn1. The molecule has 3 heteroatoms. The summed E-state index contributed by atoms with van der Waals surface area (Å²) in [4.78, 5) is 17.5. The average molecular weight is 344 g/mol. The molecule has 0 bridgehead atoms. The van der Waals surface area contributed by atoms with Gasteiger partial charge in [-0.3, -0.25) is 9.78 Å². The average Bonchev–Trinajstić information content (AvgIpc) is 2.63. The zero-order valence-corrected chi connectivity index (χ0v) is 15.5. The Balaban J connectivity index is 1.90. The van der Waals surface area contributed by atoms with Gasteiger partial charge in [0.25, 0.3) is 5.91 Å². The first kappa shape index (κ1) is 17.9. The van der Waals surface area contributed by atoms with E-state index in [0.29, 0.717) is 0 Å². The molecule has 0 unspecified atom stereocenters. The first-order valence-electron chi connectivity index (χ1n) is 8.84. The van der Waals surface area contributed by atoms with Crippen molar-refractivity contribution in [1.82, 2.24) is 10.3 Å². The van der Waals surface area contributed by atoms with Gasteiger partial charge in [-0.15, -0.1) is 0 Å². The summed E-state index contributed by atoms with van der Waals surface area (Å²) in [6.07, 6.45) is 2.48. The quantitative estimate of drug-likeness (QED) is 0.732. The Morgan fingerprint density at radius 1 is 0.962 bits per heavy atom. The van der Waals surface area contributed by atoms with Crippen molar-refractivity contribution in [3.8, 4) is 0 Å². The second-order valence-electron chi connectivity index (χ2n) is 7.07. The highest BCUT2D eigenvalue weighted by atomic mass is 16.1. The van der Waals surface area contributed by atoms with Crippen LogP contribution < -0.4 is 5.32 Å². The molecular weight excluding hydrogens is 320 g/mol. The minimum Gasteiger partial charge on any atom is -0.342 e. The molecule has 132 valence electrons. The normalized spacial score (nSPS) is 11.2. The van der Waals surface area contributed by atoms with E-state index in [9.17, 15) is 4.79 Å². The van der Waals surface area contributed by atoms with Crippen LogP contribution in [0.5, 0.6) is 0 Å². The van der Waals surface area contributed by atoms with Crippen molar-refractivity contribution >= 4 is 5.91 Å². The highest BCUT2D eigenvalue weighted by Gasteiger charge is 2.26. The number of hydrogen-bond donors (Lipinski definition) is 1. The predicted octanol–water partition coefficient (Wildman–Crippen LogP) is 4.65. The third-order valence-electron chi connectivity index (χ3n) is 4.55. The fourth-order valence-corrected chi connectivity index (χ4v) is 3.16. The van der Waals surface area contributed by atoms with Crippen LogP contribution in [0.4, 0.5) is 0 Å². The molecule has 1 aromatic heterocycles. The van der Waals surface area contributed by atoms with Gasteiger partial charge in [-0.1, -0.05) is 54.6 Å². The fourth-order valence-electron chi connectivity index (χ4n) is 3.16. The van der Waals surface area contributed by atoms with Crippen molar-refractivity contribution < 1.29 is 4.79 Å². The second-order valence-corrected chi connectivity index (χ2v) is 7.07. The summed E-state index contributed by atoms with van der Waals surface area (Å²) in [6.45, 7) is 5.93. The van der Waals surface area contributed by atoms with Crippen LogP contribution in [0, 0.1) is 6.92 Å². The molecule has 0 fully saturated rings. The van der Waals surface area contributed by atoms with E-state index < -0.39 is 5.54 Å². The molecule has 0 aliphatic heterocycles. The maximum Gasteiger partial charge on any atom is 0.252 e. The van der Waals surface area contributed by atoms with Gasteiger partial charge in [0.1, 0.15) is 0 Å². The summed E-state index contributed by atoms with van der Waals surface area (Å²) in [5.74, 6) is -0.0651. The van der Waals surface area contributed by atoms with E-state index in [4.69, 9.17) is 0 Å². The molecule has 1 heterocycles. The maximum absolute atomic E-state index is 13.1. The van der Waals surface area contributed by atoms with E-state index in [1.807, 2.05) is 75.4 Å². The minimum atomic E-state index is -0.551. The maximum atomic E-state index is 13.1. The minimum absolute atomic E-state index is 0.0651. The number of benzene rings is 2. The molecule has 0 saturated heterocycles. The van der Waals surface area contributed by atoms with Gasteiger partial charge in [0.2, 0.25) is 0 Å². The van der Waals surface area contributed by atoms with E-state index in [1.165, 1.54) is 5.56 Å². The highest BCUT2D eigenvalue weighted by Crippen LogP contribution is 2.22. The largest absolute Gasteiger partial charge is 0.342 e. The summed E-state index contributed by atoms with van der Waals surface area (Å²) in [7, 11) is 0. The van der Waals surface area contributed by atoms with Crippen LogP contribution in [0.15, 0.2) is 72.9 Å². The smallest absolute Gasteiger partial charge is 0.252 e. The van der Waals surface area contributed by atoms with E-state index in [2.05, 4.69) is 22.4 Å². The summed E-state index contributed by atoms with van der Waals surface area (Å²) in [6, 6.07) is 22.0. The Hall–Kier alpha value is -2.94. The zero-order chi connectivity index (χ0) is 18.6. The zero-order valence-electron chi connectivity index (χ0n) is 15.5. The molecule has 1 amide bonds. The summed E-state index contributed by atoms with van der Waals surface area (Å²) >= 11 is 0. The van der Waals surface area contributed by atoms with Crippen molar-refractivity contribution in [2.24, 2.45) is 0 Å². The lowest BCUT2D eigenvalue weighted by Gasteiger charge is -2.26. The highest BCUT2D eigenvalue weighted by molar-refractivity contribution is 5.97. The van der Waals surface area contributed by atoms with Gasteiger partial charge < -0.3 is 5.32 Å². The van der Waals surface area contributed by atoms with Crippen molar-refractivity contribution in [3.05, 3.63) is 101 Å². The second kappa shape index (κ2) is 7.52. The molecule has 0 saturated carbocycles. The van der Waals surface area contributed by atoms with E-state index >= 15 is 0 Å². The molecule has 0 atom stereocenters. The van der Waals surface area contributed by atoms with Crippen LogP contribution in [0.1, 0.15) is 46.6 Å². The molecule has 0 aliphatic carbocycles. The third kappa shape index (κ3) is 3.99. The Morgan fingerprint density at radius 3 is 2.38 bits per heavy atom. The van der Waals surface area contributed by atoms with E-state index in [-0.39, 0.29) is 5.91 Å². The van der Waals surface area contributed by atoms with Gasteiger partial charge in [-0.2, -0.15) is 0 Å². The Morgan fingerprint density at radius 2 is 1.69 bits per heavy atom. The van der Waals surface area contributed by atoms with Crippen LogP contribution in [-0.2, 0) is 12.0 Å². The van der Waals surface area contributed by atoms with Crippen molar-refractivity contribution in [3.63, 3.8) is 0 Å². The first-order chi connectivity index (χ1) is 12.5. The number of aromatic nitrogens is 1. The lowest BCUT2D eigenvalue weighted by atomic mass is 9.93. The molecule has 26 heavy (non-hydrogen) atoms. The van der Waals surface area contributed by atoms with Crippen molar-refractivity contribution in [1.29, 1.82) is 0 Å². The molecule has 3 rings (SSSR count). The fraction of sp³-hybridized carbons (Fsp3) is 0.217. The van der Waals surface area contributed by atoms with Gasteiger partial charge in [-0.25, -0.2) is 0 Å². The van der Waals surface area contributed by atoms with Crippen LogP contribution in [0.2, 0.25) is 0 Å². The van der Waals surface area contributed by atoms with Crippen molar-refractivity contribution in [2.45, 2.75) is 32.7 Å². The number of pyridine rings is 1. The van der Waals surface area contributed by atoms with Crippen molar-refractivity contribution in [2.75, 3.05) is 0 Å². The van der Waals surface area contributed by atoms with E-state index in [1.54, 1.807) is 6.20 Å². The number of amides is 1. The summed E-state index contributed by atoms with van der Waals surface area (Å²) in [5.41, 5.74) is 4.24. The number of hydrogen-bond acceptors (Lipinski definition) is 2. The van der Waals surface area contributed by atoms with Gasteiger partial charge in [0.05, 0.1) is 11.2 Å². The van der Waals surface area contributed by atoms with Crippen LogP contribution in [0.3, 0.4) is 0 Å². The van der Waals surface area contributed by atoms with Gasteiger partial charge in [0.15, 0.2) is 0 Å². The van der Waals surface area contributed by atoms with Crippen LogP contribution >= 0.6 is 0 Å². The van der Waals surface area contributed by atoms with Crippen LogP contribution in [-0.4, -0.2) is 10.9 Å². The number of carbonyl (C=O) groups is 1. The molecule has 3 aromatic rings. The van der Waals surface area contributed by atoms with E-state index in [0.717, 1.165) is 28.8 Å². The summed E-state index contributed by atoms with van der Waals surface area (Å²) < 4.78 is 0. The standard InChI is InChI=1S/C23H24N2O/c1-17-10-9-13-19(16-18-11-5-4-6-12-18)21(17)22(26)25-23(2,3)20-14-7-8-15-24-20/h4-15H,16H2,1-3H3,(H,25,26). The van der Waals surface area contributed by atoms with Crippen LogP contribution in [0.25, 0.3) is 0 Å². The number of nitrogens with one attached hydrogen (secondary N) is 1. The predicted molar refractivity (Wildman–Crippen MR) is 105 cm³/mol. The molecule has 2 aromatic carbocycles. The van der Waals surface area contributed by atoms with Gasteiger partial charge in [-0.05, 0) is 56.0 Å². The number of nitrogens with zero attached hydrogens (tertiary/aromatic N) is 1. The lowest BCUT2D eigenvalue weighted by Crippen LogP contribution is -2.42. The molecule has 0 radical (unpaired) electrons. The number of rotatable bonds is 5. The summed E-state index contributed by atoms with van der Waals surface area (Å²) in [5, 5.41) is 3.15. The topological polar surface area (TPSA) is 42.0 Å². The third-order valence-corrected chi connectivity index (χ3v) is 4.55. The molecule has 0 aliphatic rings. The first-order valence-corrected chi connectivity index (χ1v) is 8.84. The van der Waals surface area contributed by atoms with Gasteiger partial charge in [0, 0.05) is 11.8 Å². The molecule has 0 spiro atoms. The monoisotopic (exact) mass is 344 g/mol.